The quantitative estimate of drug-likeness (QED) is 0.477. The average Bonchev–Trinajstić information content (AvgIpc) is 3.14. The van der Waals surface area contributed by atoms with Gasteiger partial charge in [0, 0.05) is 59.5 Å². The van der Waals surface area contributed by atoms with Gasteiger partial charge < -0.3 is 4.90 Å². The van der Waals surface area contributed by atoms with E-state index in [9.17, 15) is 10.1 Å². The number of non-ortho nitro benzene ring substituents is 1. The first-order valence-electron chi connectivity index (χ1n) is 9.27. The highest BCUT2D eigenvalue weighted by molar-refractivity contribution is 7.09. The molecule has 144 valence electrons. The van der Waals surface area contributed by atoms with Gasteiger partial charge in [-0.2, -0.15) is 0 Å². The largest absolute Gasteiger partial charge is 0.356 e. The molecule has 0 N–H and O–H groups in total. The fourth-order valence-electron chi connectivity index (χ4n) is 3.52. The van der Waals surface area contributed by atoms with Crippen LogP contribution in [0.3, 0.4) is 0 Å². The third-order valence-electron chi connectivity index (χ3n) is 4.96. The molecule has 0 unspecified atom stereocenters. The Labute approximate surface area is 167 Å². The van der Waals surface area contributed by atoms with Crippen LogP contribution in [0.5, 0.6) is 0 Å². The summed E-state index contributed by atoms with van der Waals surface area (Å²) in [5, 5.41) is 14.4. The number of benzene rings is 1. The summed E-state index contributed by atoms with van der Waals surface area (Å²) >= 11 is 1.75. The van der Waals surface area contributed by atoms with Crippen LogP contribution in [0.15, 0.2) is 35.7 Å². The maximum Gasteiger partial charge on any atom is 0.270 e. The molecule has 0 spiro atoms. The zero-order chi connectivity index (χ0) is 19.7. The Morgan fingerprint density at radius 2 is 1.89 bits per heavy atom. The lowest BCUT2D eigenvalue weighted by atomic mass is 9.97. The zero-order valence-electron chi connectivity index (χ0n) is 15.8. The van der Waals surface area contributed by atoms with Crippen LogP contribution in [-0.2, 0) is 0 Å². The van der Waals surface area contributed by atoms with Crippen LogP contribution in [0, 0.1) is 24.0 Å². The molecule has 3 aromatic rings. The van der Waals surface area contributed by atoms with Crippen LogP contribution in [0.4, 0.5) is 11.5 Å². The van der Waals surface area contributed by atoms with Crippen molar-refractivity contribution in [2.24, 2.45) is 0 Å². The molecular weight excluding hydrogens is 374 g/mol. The lowest BCUT2D eigenvalue weighted by molar-refractivity contribution is -0.384. The van der Waals surface area contributed by atoms with Crippen LogP contribution in [0.25, 0.3) is 11.4 Å². The number of anilines is 1. The first-order valence-corrected chi connectivity index (χ1v) is 10.1. The molecule has 4 rings (SSSR count). The fourth-order valence-corrected chi connectivity index (χ4v) is 4.49. The number of piperidine rings is 1. The smallest absolute Gasteiger partial charge is 0.270 e. The molecule has 0 radical (unpaired) electrons. The Hall–Kier alpha value is -2.87. The molecular formula is C20H21N5O2S. The maximum absolute atomic E-state index is 11.1. The normalized spacial score (nSPS) is 15.0. The molecule has 1 aromatic carbocycles. The summed E-state index contributed by atoms with van der Waals surface area (Å²) < 4.78 is 0. The van der Waals surface area contributed by atoms with Gasteiger partial charge in [-0.05, 0) is 26.7 Å². The number of nitro benzene ring substituents is 1. The molecule has 1 aliphatic heterocycles. The SMILES string of the molecule is Cc1cc(N2CCC(c3nc(C)cs3)CC2)nc(-c2cccc([N+](=O)[O-])c2)n1. The molecule has 8 heteroatoms. The predicted molar refractivity (Wildman–Crippen MR) is 110 cm³/mol. The minimum absolute atomic E-state index is 0.0451. The summed E-state index contributed by atoms with van der Waals surface area (Å²) in [5.74, 6) is 1.91. The van der Waals surface area contributed by atoms with Crippen LogP contribution < -0.4 is 4.90 Å². The molecule has 1 fully saturated rings. The van der Waals surface area contributed by atoms with Crippen molar-refractivity contribution in [1.29, 1.82) is 0 Å². The summed E-state index contributed by atoms with van der Waals surface area (Å²) in [4.78, 5) is 26.8. The second kappa shape index (κ2) is 7.63. The molecule has 1 aliphatic rings. The Morgan fingerprint density at radius 3 is 2.57 bits per heavy atom. The number of aromatic nitrogens is 3. The standard InChI is InChI=1S/C20H21N5O2S/c1-13-10-18(23-19(21-13)16-4-3-5-17(11-16)25(26)27)24-8-6-15(7-9-24)20-22-14(2)12-28-20/h3-5,10-12,15H,6-9H2,1-2H3. The van der Waals surface area contributed by atoms with Gasteiger partial charge in [0.15, 0.2) is 5.82 Å². The van der Waals surface area contributed by atoms with Crippen LogP contribution >= 0.6 is 11.3 Å². The van der Waals surface area contributed by atoms with Gasteiger partial charge in [-0.15, -0.1) is 11.3 Å². The summed E-state index contributed by atoms with van der Waals surface area (Å²) in [5.41, 5.74) is 2.65. The monoisotopic (exact) mass is 395 g/mol. The van der Waals surface area contributed by atoms with E-state index in [1.165, 1.54) is 17.1 Å². The third kappa shape index (κ3) is 3.87. The zero-order valence-corrected chi connectivity index (χ0v) is 16.6. The Kier molecular flexibility index (Phi) is 5.04. The van der Waals surface area contributed by atoms with E-state index in [0.717, 1.165) is 43.1 Å². The molecule has 0 saturated carbocycles. The number of hydrogen-bond acceptors (Lipinski definition) is 7. The van der Waals surface area contributed by atoms with Gasteiger partial charge in [-0.1, -0.05) is 12.1 Å². The predicted octanol–water partition coefficient (Wildman–Crippen LogP) is 4.51. The van der Waals surface area contributed by atoms with E-state index in [2.05, 4.69) is 20.2 Å². The van der Waals surface area contributed by atoms with E-state index in [1.54, 1.807) is 17.4 Å². The maximum atomic E-state index is 11.1. The van der Waals surface area contributed by atoms with Crippen LogP contribution in [-0.4, -0.2) is 33.0 Å². The van der Waals surface area contributed by atoms with Crippen molar-refractivity contribution < 1.29 is 4.92 Å². The van der Waals surface area contributed by atoms with Gasteiger partial charge in [0.2, 0.25) is 0 Å². The highest BCUT2D eigenvalue weighted by Gasteiger charge is 2.24. The van der Waals surface area contributed by atoms with Crippen molar-refractivity contribution in [2.45, 2.75) is 32.6 Å². The first-order chi connectivity index (χ1) is 13.5. The van der Waals surface area contributed by atoms with Crippen LogP contribution in [0.1, 0.15) is 35.2 Å². The second-order valence-electron chi connectivity index (χ2n) is 7.09. The Bertz CT molecular complexity index is 1010. The first kappa shape index (κ1) is 18.5. The molecule has 7 nitrogen and oxygen atoms in total. The van der Waals surface area contributed by atoms with E-state index < -0.39 is 4.92 Å². The summed E-state index contributed by atoms with van der Waals surface area (Å²) in [6.45, 7) is 5.79. The van der Waals surface area contributed by atoms with Crippen molar-refractivity contribution in [3.05, 3.63) is 62.2 Å². The minimum Gasteiger partial charge on any atom is -0.356 e. The van der Waals surface area contributed by atoms with Gasteiger partial charge >= 0.3 is 0 Å². The molecule has 0 aliphatic carbocycles. The lowest BCUT2D eigenvalue weighted by Gasteiger charge is -2.32. The average molecular weight is 395 g/mol. The molecule has 1 saturated heterocycles. The van der Waals surface area contributed by atoms with Crippen molar-refractivity contribution in [3.63, 3.8) is 0 Å². The number of thiazole rings is 1. The minimum atomic E-state index is -0.398. The van der Waals surface area contributed by atoms with E-state index >= 15 is 0 Å². The van der Waals surface area contributed by atoms with Gasteiger partial charge in [0.25, 0.3) is 5.69 Å². The third-order valence-corrected chi connectivity index (χ3v) is 6.09. The summed E-state index contributed by atoms with van der Waals surface area (Å²) in [6.07, 6.45) is 2.09. The number of rotatable bonds is 4. The number of aryl methyl sites for hydroxylation is 2. The second-order valence-corrected chi connectivity index (χ2v) is 7.98. The van der Waals surface area contributed by atoms with E-state index in [0.29, 0.717) is 17.3 Å². The van der Waals surface area contributed by atoms with Gasteiger partial charge in [0.1, 0.15) is 5.82 Å². The van der Waals surface area contributed by atoms with Gasteiger partial charge in [-0.25, -0.2) is 15.0 Å². The number of nitrogens with zero attached hydrogens (tertiary/aromatic N) is 5. The van der Waals surface area contributed by atoms with Crippen molar-refractivity contribution in [1.82, 2.24) is 15.0 Å². The number of hydrogen-bond donors (Lipinski definition) is 0. The topological polar surface area (TPSA) is 85.0 Å². The highest BCUT2D eigenvalue weighted by Crippen LogP contribution is 2.32. The Balaban J connectivity index is 1.55. The van der Waals surface area contributed by atoms with E-state index in [4.69, 9.17) is 4.98 Å². The van der Waals surface area contributed by atoms with Gasteiger partial charge in [0.05, 0.1) is 9.93 Å². The van der Waals surface area contributed by atoms with Crippen molar-refractivity contribution in [2.75, 3.05) is 18.0 Å². The van der Waals surface area contributed by atoms with E-state index in [-0.39, 0.29) is 5.69 Å². The summed E-state index contributed by atoms with van der Waals surface area (Å²) in [6, 6.07) is 8.46. The molecule has 0 amide bonds. The van der Waals surface area contributed by atoms with E-state index in [1.807, 2.05) is 26.0 Å². The molecule has 0 bridgehead atoms. The summed E-state index contributed by atoms with van der Waals surface area (Å²) in [7, 11) is 0. The van der Waals surface area contributed by atoms with Crippen molar-refractivity contribution in [3.8, 4) is 11.4 Å². The van der Waals surface area contributed by atoms with Crippen LogP contribution in [0.2, 0.25) is 0 Å². The molecule has 3 heterocycles. The highest BCUT2D eigenvalue weighted by atomic mass is 32.1. The van der Waals surface area contributed by atoms with Gasteiger partial charge in [-0.3, -0.25) is 10.1 Å². The lowest BCUT2D eigenvalue weighted by Crippen LogP contribution is -2.33. The Morgan fingerprint density at radius 1 is 1.11 bits per heavy atom. The molecule has 0 atom stereocenters. The number of nitro groups is 1. The molecule has 2 aromatic heterocycles. The van der Waals surface area contributed by atoms with Crippen molar-refractivity contribution >= 4 is 22.8 Å². The molecule has 28 heavy (non-hydrogen) atoms. The fraction of sp³-hybridized carbons (Fsp3) is 0.350.